The molecule has 0 amide bonds. The molecule has 3 aromatic carbocycles. The summed E-state index contributed by atoms with van der Waals surface area (Å²) in [6, 6.07) is 17.4. The number of carbonyl (C=O) groups excluding carboxylic acids is 1. The first-order valence-electron chi connectivity index (χ1n) is 13.4. The maximum atomic E-state index is 15.9. The molecule has 0 spiro atoms. The number of carbonyl (C=O) groups is 1. The molecule has 2 nitrogen and oxygen atoms in total. The Labute approximate surface area is 214 Å². The Bertz CT molecular complexity index is 1110. The van der Waals surface area contributed by atoms with E-state index in [4.69, 9.17) is 4.74 Å². The van der Waals surface area contributed by atoms with Crippen LogP contribution in [0.1, 0.15) is 87.6 Å². The fourth-order valence-corrected chi connectivity index (χ4v) is 4.48. The molecule has 0 unspecified atom stereocenters. The van der Waals surface area contributed by atoms with Crippen LogP contribution in [0, 0.1) is 11.6 Å². The number of rotatable bonds is 14. The Morgan fingerprint density at radius 1 is 0.750 bits per heavy atom. The van der Waals surface area contributed by atoms with Crippen molar-refractivity contribution in [3.8, 4) is 22.3 Å². The van der Waals surface area contributed by atoms with Crippen molar-refractivity contribution in [2.75, 3.05) is 6.61 Å². The summed E-state index contributed by atoms with van der Waals surface area (Å²) in [6.07, 6.45) is 10.3. The van der Waals surface area contributed by atoms with E-state index < -0.39 is 17.6 Å². The fraction of sp³-hybridized carbons (Fsp3) is 0.406. The zero-order chi connectivity index (χ0) is 25.8. The lowest BCUT2D eigenvalue weighted by molar-refractivity contribution is 0.0492. The highest BCUT2D eigenvalue weighted by Crippen LogP contribution is 2.37. The lowest BCUT2D eigenvalue weighted by Gasteiger charge is -2.16. The lowest BCUT2D eigenvalue weighted by Crippen LogP contribution is -2.10. The first kappa shape index (κ1) is 27.6. The molecule has 0 atom stereocenters. The van der Waals surface area contributed by atoms with Gasteiger partial charge < -0.3 is 4.74 Å². The predicted molar refractivity (Wildman–Crippen MR) is 144 cm³/mol. The monoisotopic (exact) mass is 492 g/mol. The summed E-state index contributed by atoms with van der Waals surface area (Å²) in [7, 11) is 0. The van der Waals surface area contributed by atoms with Gasteiger partial charge in [-0.2, -0.15) is 0 Å². The second kappa shape index (κ2) is 14.5. The van der Waals surface area contributed by atoms with Crippen LogP contribution in [0.25, 0.3) is 22.3 Å². The molecule has 0 heterocycles. The van der Waals surface area contributed by atoms with Crippen molar-refractivity contribution in [1.82, 2.24) is 0 Å². The first-order chi connectivity index (χ1) is 17.6. The Balaban J connectivity index is 1.90. The van der Waals surface area contributed by atoms with Crippen LogP contribution in [0.3, 0.4) is 0 Å². The van der Waals surface area contributed by atoms with E-state index in [1.807, 2.05) is 36.4 Å². The minimum atomic E-state index is -0.748. The summed E-state index contributed by atoms with van der Waals surface area (Å²) < 4.78 is 36.7. The SMILES string of the molecule is CCCCCCCOC(=O)c1ccc(-c2ccccc2)c(-c2ccc(CCCCCC)cc2F)c1F. The number of aryl methyl sites for hydroxylation is 1. The molecule has 0 N–H and O–H groups in total. The van der Waals surface area contributed by atoms with Gasteiger partial charge in [-0.05, 0) is 48.1 Å². The molecular weight excluding hydrogens is 454 g/mol. The van der Waals surface area contributed by atoms with E-state index in [1.165, 1.54) is 12.1 Å². The average molecular weight is 493 g/mol. The van der Waals surface area contributed by atoms with Gasteiger partial charge in [0, 0.05) is 11.1 Å². The third kappa shape index (κ3) is 7.49. The molecule has 0 aliphatic carbocycles. The van der Waals surface area contributed by atoms with Gasteiger partial charge in [0.05, 0.1) is 12.2 Å². The molecule has 36 heavy (non-hydrogen) atoms. The molecule has 192 valence electrons. The third-order valence-corrected chi connectivity index (χ3v) is 6.55. The molecule has 4 heteroatoms. The number of hydrogen-bond acceptors (Lipinski definition) is 2. The smallest absolute Gasteiger partial charge is 0.341 e. The molecule has 0 aromatic heterocycles. The van der Waals surface area contributed by atoms with Crippen LogP contribution >= 0.6 is 0 Å². The van der Waals surface area contributed by atoms with E-state index >= 15 is 8.78 Å². The fourth-order valence-electron chi connectivity index (χ4n) is 4.48. The van der Waals surface area contributed by atoms with Gasteiger partial charge in [0.25, 0.3) is 0 Å². The van der Waals surface area contributed by atoms with E-state index in [0.29, 0.717) is 5.56 Å². The molecule has 0 saturated heterocycles. The summed E-state index contributed by atoms with van der Waals surface area (Å²) in [4.78, 5) is 12.7. The van der Waals surface area contributed by atoms with Crippen LogP contribution in [0.4, 0.5) is 8.78 Å². The standard InChI is InChI=1S/C32H38F2O2/c1-3-5-7-9-14-22-36-32(35)28-21-20-26(25-16-12-10-13-17-25)30(31(28)34)27-19-18-24(23-29(27)33)15-11-8-6-4-2/h10,12-13,16-21,23H,3-9,11,14-15,22H2,1-2H3. The highest BCUT2D eigenvalue weighted by atomic mass is 19.1. The van der Waals surface area contributed by atoms with Gasteiger partial charge in [-0.15, -0.1) is 0 Å². The summed E-state index contributed by atoms with van der Waals surface area (Å²) in [5, 5.41) is 0. The highest BCUT2D eigenvalue weighted by Gasteiger charge is 2.23. The van der Waals surface area contributed by atoms with Crippen LogP contribution < -0.4 is 0 Å². The maximum Gasteiger partial charge on any atom is 0.341 e. The molecule has 0 bridgehead atoms. The molecule has 0 fully saturated rings. The number of hydrogen-bond donors (Lipinski definition) is 0. The quantitative estimate of drug-likeness (QED) is 0.165. The second-order valence-corrected chi connectivity index (χ2v) is 9.39. The van der Waals surface area contributed by atoms with Gasteiger partial charge in [-0.25, -0.2) is 13.6 Å². The van der Waals surface area contributed by atoms with Gasteiger partial charge in [0.2, 0.25) is 0 Å². The molecule has 0 aliphatic rings. The predicted octanol–water partition coefficient (Wildman–Crippen LogP) is 9.55. The Morgan fingerprint density at radius 3 is 2.11 bits per heavy atom. The zero-order valence-corrected chi connectivity index (χ0v) is 21.6. The maximum absolute atomic E-state index is 15.9. The van der Waals surface area contributed by atoms with Crippen molar-refractivity contribution in [3.63, 3.8) is 0 Å². The Kier molecular flexibility index (Phi) is 11.1. The van der Waals surface area contributed by atoms with E-state index in [2.05, 4.69) is 13.8 Å². The van der Waals surface area contributed by atoms with E-state index in [9.17, 15) is 4.79 Å². The van der Waals surface area contributed by atoms with Crippen molar-refractivity contribution >= 4 is 5.97 Å². The van der Waals surface area contributed by atoms with E-state index in [0.717, 1.165) is 75.3 Å². The molecule has 3 aromatic rings. The van der Waals surface area contributed by atoms with Crippen LogP contribution in [-0.4, -0.2) is 12.6 Å². The molecule has 0 aliphatic heterocycles. The summed E-state index contributed by atoms with van der Waals surface area (Å²) >= 11 is 0. The Morgan fingerprint density at radius 2 is 1.42 bits per heavy atom. The van der Waals surface area contributed by atoms with Crippen molar-refractivity contribution in [1.29, 1.82) is 0 Å². The van der Waals surface area contributed by atoms with Gasteiger partial charge in [0.15, 0.2) is 0 Å². The third-order valence-electron chi connectivity index (χ3n) is 6.55. The first-order valence-corrected chi connectivity index (χ1v) is 13.4. The summed E-state index contributed by atoms with van der Waals surface area (Å²) in [5.41, 5.74) is 2.27. The van der Waals surface area contributed by atoms with Gasteiger partial charge in [0.1, 0.15) is 11.6 Å². The number of ether oxygens (including phenoxy) is 1. The Hall–Kier alpha value is -3.01. The molecule has 0 saturated carbocycles. The van der Waals surface area contributed by atoms with E-state index in [1.54, 1.807) is 12.1 Å². The largest absolute Gasteiger partial charge is 0.462 e. The van der Waals surface area contributed by atoms with Crippen molar-refractivity contribution < 1.29 is 18.3 Å². The topological polar surface area (TPSA) is 26.3 Å². The zero-order valence-electron chi connectivity index (χ0n) is 21.6. The van der Waals surface area contributed by atoms with Crippen molar-refractivity contribution in [3.05, 3.63) is 83.4 Å². The van der Waals surface area contributed by atoms with Crippen molar-refractivity contribution in [2.24, 2.45) is 0 Å². The van der Waals surface area contributed by atoms with Crippen molar-refractivity contribution in [2.45, 2.75) is 78.1 Å². The minimum absolute atomic E-state index is 0.0913. The highest BCUT2D eigenvalue weighted by molar-refractivity contribution is 5.95. The van der Waals surface area contributed by atoms with Crippen LogP contribution in [0.15, 0.2) is 60.7 Å². The van der Waals surface area contributed by atoms with Gasteiger partial charge in [-0.3, -0.25) is 0 Å². The summed E-state index contributed by atoms with van der Waals surface area (Å²) in [5.74, 6) is -1.95. The summed E-state index contributed by atoms with van der Waals surface area (Å²) in [6.45, 7) is 4.55. The minimum Gasteiger partial charge on any atom is -0.462 e. The van der Waals surface area contributed by atoms with Crippen LogP contribution in [0.2, 0.25) is 0 Å². The molecule has 3 rings (SSSR count). The van der Waals surface area contributed by atoms with E-state index in [-0.39, 0.29) is 23.3 Å². The molecule has 0 radical (unpaired) electrons. The lowest BCUT2D eigenvalue weighted by atomic mass is 9.91. The number of halogens is 2. The average Bonchev–Trinajstić information content (AvgIpc) is 2.89. The van der Waals surface area contributed by atoms with Gasteiger partial charge >= 0.3 is 5.97 Å². The molecular formula is C32H38F2O2. The normalized spacial score (nSPS) is 11.0. The van der Waals surface area contributed by atoms with Gasteiger partial charge in [-0.1, -0.05) is 107 Å². The number of unbranched alkanes of at least 4 members (excludes halogenated alkanes) is 7. The second-order valence-electron chi connectivity index (χ2n) is 9.39. The van der Waals surface area contributed by atoms with Crippen LogP contribution in [-0.2, 0) is 11.2 Å². The van der Waals surface area contributed by atoms with Crippen LogP contribution in [0.5, 0.6) is 0 Å². The number of esters is 1. The number of benzene rings is 3.